The Morgan fingerprint density at radius 2 is 1.93 bits per heavy atom. The van der Waals surface area contributed by atoms with Gasteiger partial charge in [-0.2, -0.15) is 0 Å². The highest BCUT2D eigenvalue weighted by Gasteiger charge is 2.36. The Balaban J connectivity index is 1.46. The molecule has 4 N–H and O–H groups in total. The van der Waals surface area contributed by atoms with Gasteiger partial charge in [0.1, 0.15) is 5.82 Å². The number of carbonyl (C=O) groups excluding carboxylic acids is 2. The molecule has 166 valence electrons. The molecule has 0 spiro atoms. The molecule has 1 aromatic carbocycles. The fourth-order valence-corrected chi connectivity index (χ4v) is 4.17. The van der Waals surface area contributed by atoms with Gasteiger partial charge in [-0.1, -0.05) is 0 Å². The molecule has 2 fully saturated rings. The number of halogens is 1. The fraction of sp³-hybridized carbons (Fsp3) is 0.619. The number of piperidine rings is 1. The number of aliphatic hydroxyl groups is 1. The second kappa shape index (κ2) is 10.1. The van der Waals surface area contributed by atoms with Gasteiger partial charge < -0.3 is 30.7 Å². The maximum Gasteiger partial charge on any atom is 0.254 e. The number of nitrogens with zero attached hydrogens (tertiary/aromatic N) is 2. The van der Waals surface area contributed by atoms with Crippen LogP contribution in [0.5, 0.6) is 0 Å². The number of aliphatic hydroxyl groups excluding tert-OH is 1. The summed E-state index contributed by atoms with van der Waals surface area (Å²) in [5, 5.41) is 13.1. The third-order valence-corrected chi connectivity index (χ3v) is 5.98. The first-order valence-corrected chi connectivity index (χ1v) is 10.5. The molecule has 0 radical (unpaired) electrons. The van der Waals surface area contributed by atoms with Crippen molar-refractivity contribution in [2.75, 3.05) is 50.5 Å². The van der Waals surface area contributed by atoms with E-state index in [4.69, 9.17) is 10.5 Å². The Labute approximate surface area is 176 Å². The van der Waals surface area contributed by atoms with Gasteiger partial charge in [-0.15, -0.1) is 0 Å². The SMILES string of the molecule is CO[C@@H](C(=O)NCC1CCN(c2ccc(F)cc2N)CC1)[C@@H](O)C(=O)N1CCCC1. The zero-order chi connectivity index (χ0) is 21.7. The molecule has 0 saturated carbocycles. The Hall–Kier alpha value is -2.39. The number of ether oxygens (including phenoxy) is 1. The predicted octanol–water partition coefficient (Wildman–Crippen LogP) is 0.739. The van der Waals surface area contributed by atoms with Crippen LogP contribution in [0.2, 0.25) is 0 Å². The lowest BCUT2D eigenvalue weighted by atomic mass is 9.96. The van der Waals surface area contributed by atoms with E-state index in [2.05, 4.69) is 10.2 Å². The quantitative estimate of drug-likeness (QED) is 0.560. The number of methoxy groups -OCH3 is 1. The molecule has 2 aliphatic rings. The first kappa shape index (κ1) is 22.3. The number of nitrogens with one attached hydrogen (secondary N) is 1. The van der Waals surface area contributed by atoms with Crippen LogP contribution in [-0.4, -0.2) is 73.9 Å². The van der Waals surface area contributed by atoms with Crippen molar-refractivity contribution in [3.63, 3.8) is 0 Å². The average Bonchev–Trinajstić information content (AvgIpc) is 3.27. The van der Waals surface area contributed by atoms with E-state index in [1.807, 2.05) is 0 Å². The lowest BCUT2D eigenvalue weighted by Gasteiger charge is -2.34. The smallest absolute Gasteiger partial charge is 0.254 e. The zero-order valence-corrected chi connectivity index (χ0v) is 17.3. The van der Waals surface area contributed by atoms with Gasteiger partial charge in [-0.25, -0.2) is 4.39 Å². The number of amides is 2. The maximum absolute atomic E-state index is 13.3. The van der Waals surface area contributed by atoms with Gasteiger partial charge in [0, 0.05) is 39.8 Å². The number of hydrogen-bond donors (Lipinski definition) is 3. The Morgan fingerprint density at radius 1 is 1.27 bits per heavy atom. The molecule has 0 bridgehead atoms. The van der Waals surface area contributed by atoms with Crippen LogP contribution < -0.4 is 16.0 Å². The summed E-state index contributed by atoms with van der Waals surface area (Å²) in [7, 11) is 1.32. The van der Waals surface area contributed by atoms with Crippen LogP contribution in [0.25, 0.3) is 0 Å². The monoisotopic (exact) mass is 422 g/mol. The Morgan fingerprint density at radius 3 is 2.53 bits per heavy atom. The van der Waals surface area contributed by atoms with E-state index >= 15 is 0 Å². The summed E-state index contributed by atoms with van der Waals surface area (Å²) in [6.45, 7) is 3.15. The number of nitrogens with two attached hydrogens (primary N) is 1. The van der Waals surface area contributed by atoms with Crippen molar-refractivity contribution >= 4 is 23.2 Å². The van der Waals surface area contributed by atoms with Crippen molar-refractivity contribution in [3.8, 4) is 0 Å². The van der Waals surface area contributed by atoms with Crippen molar-refractivity contribution in [3.05, 3.63) is 24.0 Å². The summed E-state index contributed by atoms with van der Waals surface area (Å²) >= 11 is 0. The van der Waals surface area contributed by atoms with Crippen LogP contribution in [0.1, 0.15) is 25.7 Å². The molecule has 2 amide bonds. The van der Waals surface area contributed by atoms with E-state index in [9.17, 15) is 19.1 Å². The van der Waals surface area contributed by atoms with Gasteiger partial charge in [0.2, 0.25) is 0 Å². The lowest BCUT2D eigenvalue weighted by molar-refractivity contribution is -0.154. The van der Waals surface area contributed by atoms with Crippen molar-refractivity contribution in [2.24, 2.45) is 5.92 Å². The highest BCUT2D eigenvalue weighted by molar-refractivity contribution is 5.91. The molecule has 2 saturated heterocycles. The molecule has 0 unspecified atom stereocenters. The van der Waals surface area contributed by atoms with Gasteiger partial charge in [-0.3, -0.25) is 9.59 Å². The second-order valence-corrected chi connectivity index (χ2v) is 8.01. The number of rotatable bonds is 7. The van der Waals surface area contributed by atoms with Gasteiger partial charge in [0.25, 0.3) is 11.8 Å². The molecule has 0 aromatic heterocycles. The molecule has 0 aliphatic carbocycles. The minimum absolute atomic E-state index is 0.260. The summed E-state index contributed by atoms with van der Waals surface area (Å²) in [6, 6.07) is 4.41. The fourth-order valence-electron chi connectivity index (χ4n) is 4.17. The summed E-state index contributed by atoms with van der Waals surface area (Å²) in [6.07, 6.45) is 0.761. The van der Waals surface area contributed by atoms with E-state index in [1.165, 1.54) is 19.2 Å². The molecular weight excluding hydrogens is 391 g/mol. The molecule has 8 nitrogen and oxygen atoms in total. The lowest BCUT2D eigenvalue weighted by Crippen LogP contribution is -2.52. The first-order chi connectivity index (χ1) is 14.4. The number of hydrogen-bond acceptors (Lipinski definition) is 6. The third kappa shape index (κ3) is 5.20. The van der Waals surface area contributed by atoms with Crippen LogP contribution in [0.4, 0.5) is 15.8 Å². The summed E-state index contributed by atoms with van der Waals surface area (Å²) in [5.41, 5.74) is 7.16. The standard InChI is InChI=1S/C21H31FN4O4/c1-30-19(18(27)21(29)26-8-2-3-9-26)20(28)24-13-14-6-10-25(11-7-14)17-5-4-15(22)12-16(17)23/h4-5,12,14,18-19,27H,2-3,6-11,13,23H2,1H3,(H,24,28)/t18-,19-/m1/s1. The third-order valence-electron chi connectivity index (χ3n) is 5.98. The topological polar surface area (TPSA) is 108 Å². The van der Waals surface area contributed by atoms with E-state index in [1.54, 1.807) is 11.0 Å². The van der Waals surface area contributed by atoms with E-state index in [0.717, 1.165) is 44.5 Å². The van der Waals surface area contributed by atoms with E-state index in [0.29, 0.717) is 25.3 Å². The zero-order valence-electron chi connectivity index (χ0n) is 17.3. The normalized spacial score (nSPS) is 19.6. The first-order valence-electron chi connectivity index (χ1n) is 10.5. The number of nitrogen functional groups attached to an aromatic ring is 1. The van der Waals surface area contributed by atoms with Crippen molar-refractivity contribution < 1.29 is 23.8 Å². The minimum atomic E-state index is -1.50. The van der Waals surface area contributed by atoms with Gasteiger partial charge in [0.05, 0.1) is 11.4 Å². The number of carbonyl (C=O) groups is 2. The molecule has 9 heteroatoms. The van der Waals surface area contributed by atoms with Crippen LogP contribution in [0.3, 0.4) is 0 Å². The Bertz CT molecular complexity index is 749. The minimum Gasteiger partial charge on any atom is -0.397 e. The summed E-state index contributed by atoms with van der Waals surface area (Å²) in [4.78, 5) is 28.5. The molecule has 2 atom stereocenters. The maximum atomic E-state index is 13.3. The number of benzene rings is 1. The number of anilines is 2. The number of likely N-dealkylation sites (tertiary alicyclic amines) is 1. The van der Waals surface area contributed by atoms with Gasteiger partial charge in [-0.05, 0) is 49.8 Å². The largest absolute Gasteiger partial charge is 0.397 e. The molecule has 2 heterocycles. The average molecular weight is 423 g/mol. The molecule has 3 rings (SSSR count). The Kier molecular flexibility index (Phi) is 7.49. The van der Waals surface area contributed by atoms with Crippen molar-refractivity contribution in [2.45, 2.75) is 37.9 Å². The van der Waals surface area contributed by atoms with Gasteiger partial charge in [0.15, 0.2) is 12.2 Å². The van der Waals surface area contributed by atoms with Crippen molar-refractivity contribution in [1.82, 2.24) is 10.2 Å². The van der Waals surface area contributed by atoms with E-state index < -0.39 is 24.0 Å². The highest BCUT2D eigenvalue weighted by Crippen LogP contribution is 2.28. The van der Waals surface area contributed by atoms with Crippen LogP contribution in [0, 0.1) is 11.7 Å². The molecular formula is C21H31FN4O4. The molecule has 1 aromatic rings. The molecule has 2 aliphatic heterocycles. The van der Waals surface area contributed by atoms with Crippen LogP contribution >= 0.6 is 0 Å². The summed E-state index contributed by atoms with van der Waals surface area (Å²) in [5.74, 6) is -1.04. The summed E-state index contributed by atoms with van der Waals surface area (Å²) < 4.78 is 18.4. The van der Waals surface area contributed by atoms with Crippen molar-refractivity contribution in [1.29, 1.82) is 0 Å². The predicted molar refractivity (Wildman–Crippen MR) is 111 cm³/mol. The van der Waals surface area contributed by atoms with Gasteiger partial charge >= 0.3 is 0 Å². The molecule has 30 heavy (non-hydrogen) atoms. The van der Waals surface area contributed by atoms with E-state index in [-0.39, 0.29) is 11.7 Å². The highest BCUT2D eigenvalue weighted by atomic mass is 19.1. The van der Waals surface area contributed by atoms with Crippen LogP contribution in [0.15, 0.2) is 18.2 Å². The second-order valence-electron chi connectivity index (χ2n) is 8.01. The van der Waals surface area contributed by atoms with Crippen LogP contribution in [-0.2, 0) is 14.3 Å².